The molecule has 0 saturated carbocycles. The van der Waals surface area contributed by atoms with Gasteiger partial charge in [-0.25, -0.2) is 0 Å². The molecule has 4 heterocycles. The first kappa shape index (κ1) is 46.0. The largest absolute Gasteiger partial charge is 3.00 e. The van der Waals surface area contributed by atoms with Crippen LogP contribution in [-0.2, 0) is 20.1 Å². The van der Waals surface area contributed by atoms with Crippen molar-refractivity contribution in [3.63, 3.8) is 0 Å². The quantitative estimate of drug-likeness (QED) is 0.128. The number of pyridine rings is 3. The number of hydrogen-bond acceptors (Lipinski definition) is 4. The zero-order valence-corrected chi connectivity index (χ0v) is 42.2. The Balaban J connectivity index is 0.00000556. The van der Waals surface area contributed by atoms with Gasteiger partial charge in [-0.1, -0.05) is 178 Å². The second kappa shape index (κ2) is 20.2. The van der Waals surface area contributed by atoms with Crippen LogP contribution in [0.2, 0.25) is 0 Å². The van der Waals surface area contributed by atoms with E-state index in [-0.39, 0.29) is 20.1 Å². The van der Waals surface area contributed by atoms with Crippen LogP contribution in [0.15, 0.2) is 260 Å². The maximum Gasteiger partial charge on any atom is 3.00 e. The Morgan fingerprint density at radius 1 is 0.284 bits per heavy atom. The van der Waals surface area contributed by atoms with E-state index in [2.05, 4.69) is 198 Å². The molecule has 13 rings (SSSR count). The summed E-state index contributed by atoms with van der Waals surface area (Å²) in [7, 11) is 0. The number of nitrogens with zero attached hydrogens (tertiary/aromatic N) is 3. The van der Waals surface area contributed by atoms with Gasteiger partial charge in [0.25, 0.3) is 0 Å². The number of hydrogen-bond donors (Lipinski definition) is 0. The van der Waals surface area contributed by atoms with Gasteiger partial charge in [-0.3, -0.25) is 0 Å². The first-order chi connectivity index (χ1) is 36.2. The van der Waals surface area contributed by atoms with Gasteiger partial charge in [-0.15, -0.1) is 83.4 Å². The minimum Gasteiger partial charge on any atom is -0.456 e. The van der Waals surface area contributed by atoms with Crippen LogP contribution in [0.4, 0.5) is 0 Å². The van der Waals surface area contributed by atoms with Gasteiger partial charge in [0.2, 0.25) is 0 Å². The van der Waals surface area contributed by atoms with Crippen LogP contribution >= 0.6 is 0 Å². The van der Waals surface area contributed by atoms with E-state index in [1.165, 1.54) is 0 Å². The van der Waals surface area contributed by atoms with E-state index in [0.717, 1.165) is 134 Å². The molecule has 0 amide bonds. The number of benzene rings is 9. The van der Waals surface area contributed by atoms with E-state index in [1.54, 1.807) is 0 Å². The summed E-state index contributed by atoms with van der Waals surface area (Å²) in [5.41, 5.74) is 22.3. The molecule has 13 aromatic rings. The van der Waals surface area contributed by atoms with Crippen molar-refractivity contribution in [2.75, 3.05) is 0 Å². The predicted molar refractivity (Wildman–Crippen MR) is 298 cm³/mol. The topological polar surface area (TPSA) is 51.8 Å². The minimum absolute atomic E-state index is 0. The Kier molecular flexibility index (Phi) is 12.5. The summed E-state index contributed by atoms with van der Waals surface area (Å²) in [4.78, 5) is 13.9. The summed E-state index contributed by atoms with van der Waals surface area (Å²) in [6, 6.07) is 93.6. The molecule has 4 nitrogen and oxygen atoms in total. The second-order valence-corrected chi connectivity index (χ2v) is 18.0. The van der Waals surface area contributed by atoms with E-state index in [9.17, 15) is 0 Å². The molecule has 4 aromatic heterocycles. The molecular formula is C69H42IrN3O. The van der Waals surface area contributed by atoms with Gasteiger partial charge in [-0.05, 0) is 105 Å². The van der Waals surface area contributed by atoms with E-state index in [1.807, 2.05) is 85.3 Å². The molecule has 0 aliphatic heterocycles. The number of rotatable bonds is 10. The van der Waals surface area contributed by atoms with Gasteiger partial charge in [0.05, 0.1) is 0 Å². The number of furan rings is 1. The fourth-order valence-electron chi connectivity index (χ4n) is 10.2. The van der Waals surface area contributed by atoms with Crippen molar-refractivity contribution < 1.29 is 24.5 Å². The molecule has 0 aliphatic rings. The Morgan fingerprint density at radius 3 is 1.20 bits per heavy atom. The van der Waals surface area contributed by atoms with E-state index in [0.29, 0.717) is 0 Å². The van der Waals surface area contributed by atoms with Gasteiger partial charge < -0.3 is 19.4 Å². The fraction of sp³-hybridized carbons (Fsp3) is 0. The molecule has 0 spiro atoms. The van der Waals surface area contributed by atoms with Crippen LogP contribution in [0.3, 0.4) is 0 Å². The monoisotopic (exact) mass is 1120 g/mol. The predicted octanol–water partition coefficient (Wildman–Crippen LogP) is 17.8. The van der Waals surface area contributed by atoms with Gasteiger partial charge in [0.15, 0.2) is 0 Å². The molecule has 0 fully saturated rings. The van der Waals surface area contributed by atoms with Crippen molar-refractivity contribution in [3.8, 4) is 112 Å². The first-order valence-corrected chi connectivity index (χ1v) is 24.4. The number of para-hydroxylation sites is 1. The smallest absolute Gasteiger partial charge is 0.456 e. The summed E-state index contributed by atoms with van der Waals surface area (Å²) in [5.74, 6) is 0. The Labute approximate surface area is 443 Å². The number of fused-ring (bicyclic) bond motifs is 3. The summed E-state index contributed by atoms with van der Waals surface area (Å²) in [5, 5.41) is 2.14. The summed E-state index contributed by atoms with van der Waals surface area (Å²) < 4.78 is 6.48. The van der Waals surface area contributed by atoms with Crippen molar-refractivity contribution >= 4 is 21.9 Å². The van der Waals surface area contributed by atoms with Crippen LogP contribution in [0.25, 0.3) is 134 Å². The molecule has 0 saturated heterocycles. The van der Waals surface area contributed by atoms with Crippen molar-refractivity contribution in [1.82, 2.24) is 15.0 Å². The van der Waals surface area contributed by atoms with Crippen molar-refractivity contribution in [3.05, 3.63) is 273 Å². The van der Waals surface area contributed by atoms with Gasteiger partial charge in [0.1, 0.15) is 11.2 Å². The van der Waals surface area contributed by atoms with Crippen molar-refractivity contribution in [1.29, 1.82) is 0 Å². The average molecular weight is 1120 g/mol. The maximum atomic E-state index is 6.48. The average Bonchev–Trinajstić information content (AvgIpc) is 3.87. The summed E-state index contributed by atoms with van der Waals surface area (Å²) in [6.45, 7) is 0. The zero-order valence-electron chi connectivity index (χ0n) is 39.8. The third-order valence-electron chi connectivity index (χ3n) is 13.7. The molecule has 348 valence electrons. The molecule has 0 unspecified atom stereocenters. The van der Waals surface area contributed by atoms with E-state index < -0.39 is 0 Å². The van der Waals surface area contributed by atoms with Gasteiger partial charge in [-0.2, -0.15) is 0 Å². The number of aromatic nitrogens is 3. The van der Waals surface area contributed by atoms with Crippen LogP contribution in [-0.4, -0.2) is 15.0 Å². The van der Waals surface area contributed by atoms with Crippen molar-refractivity contribution in [2.24, 2.45) is 0 Å². The fourth-order valence-corrected chi connectivity index (χ4v) is 10.2. The second-order valence-electron chi connectivity index (χ2n) is 18.0. The van der Waals surface area contributed by atoms with E-state index >= 15 is 0 Å². The molecule has 0 bridgehead atoms. The summed E-state index contributed by atoms with van der Waals surface area (Å²) >= 11 is 0. The third-order valence-corrected chi connectivity index (χ3v) is 13.7. The first-order valence-electron chi connectivity index (χ1n) is 24.4. The Hall–Kier alpha value is -9.12. The molecule has 0 radical (unpaired) electrons. The molecule has 9 aromatic carbocycles. The Bertz CT molecular complexity index is 3970. The van der Waals surface area contributed by atoms with Gasteiger partial charge in [0, 0.05) is 29.4 Å². The molecular weight excluding hydrogens is 1080 g/mol. The Morgan fingerprint density at radius 2 is 0.703 bits per heavy atom. The molecule has 5 heteroatoms. The van der Waals surface area contributed by atoms with Crippen LogP contribution in [0.5, 0.6) is 0 Å². The van der Waals surface area contributed by atoms with Crippen LogP contribution < -0.4 is 0 Å². The minimum atomic E-state index is 0. The third kappa shape index (κ3) is 8.75. The molecule has 0 atom stereocenters. The van der Waals surface area contributed by atoms with Crippen LogP contribution in [0.1, 0.15) is 0 Å². The zero-order chi connectivity index (χ0) is 48.5. The standard InChI is InChI=1S/C69H42N3O.Ir/c1-3-18-56(54(16-1)46-29-33-48(34-30-46)64-24-9-12-39-70-64)51-42-52(57-19-4-2-17-55(57)47-31-35-49(36-32-47)65-25-10-13-40-71-65)44-53(43-51)58-20-5-6-21-59(58)60-38-37-50(66-26-11-14-41-72-66)45-63(60)61-23-15-28-68-69(61)62-22-7-8-27-67(62)73-68;/h1-33,35,38-45H;/q-3;+3. The summed E-state index contributed by atoms with van der Waals surface area (Å²) in [6.07, 6.45) is 5.48. The molecule has 0 N–H and O–H groups in total. The normalized spacial score (nSPS) is 11.1. The molecule has 74 heavy (non-hydrogen) atoms. The van der Waals surface area contributed by atoms with Gasteiger partial charge >= 0.3 is 20.1 Å². The van der Waals surface area contributed by atoms with Crippen LogP contribution in [0, 0.1) is 18.2 Å². The van der Waals surface area contributed by atoms with E-state index in [4.69, 9.17) is 9.40 Å². The van der Waals surface area contributed by atoms with Crippen molar-refractivity contribution in [2.45, 2.75) is 0 Å². The molecule has 0 aliphatic carbocycles. The maximum absolute atomic E-state index is 6.48. The SMILES string of the molecule is [Ir+3].[c-]1cc(-c2ccccc2-c2cc(-c3ccccc3-c3c[c-]c(-c4ccccn4)cc3)cc(-c3ccccc3-c3c[c-]c(-c4ccccn4)cc3-c3cccc4oc5ccccc5c34)c2)ccc1-c1ccccn1.